The third kappa shape index (κ3) is 2.98. The number of aryl methyl sites for hydroxylation is 2. The molecule has 0 amide bonds. The van der Waals surface area contributed by atoms with Crippen molar-refractivity contribution in [2.24, 2.45) is 0 Å². The third-order valence-electron chi connectivity index (χ3n) is 4.39. The van der Waals surface area contributed by atoms with E-state index in [4.69, 9.17) is 0 Å². The number of fused-ring (bicyclic) bond motifs is 1. The zero-order valence-corrected chi connectivity index (χ0v) is 15.4. The van der Waals surface area contributed by atoms with Crippen molar-refractivity contribution in [2.75, 3.05) is 11.5 Å². The van der Waals surface area contributed by atoms with Gasteiger partial charge in [0, 0.05) is 22.0 Å². The molecule has 1 aliphatic rings. The summed E-state index contributed by atoms with van der Waals surface area (Å²) in [7, 11) is 0. The van der Waals surface area contributed by atoms with Crippen LogP contribution < -0.4 is 0 Å². The first-order valence-electron chi connectivity index (χ1n) is 8.05. The van der Waals surface area contributed by atoms with Gasteiger partial charge in [-0.25, -0.2) is 0 Å². The average molecular weight is 354 g/mol. The summed E-state index contributed by atoms with van der Waals surface area (Å²) in [5.74, 6) is 3.10. The fourth-order valence-corrected chi connectivity index (χ4v) is 5.16. The number of nitrogens with zero attached hydrogens (tertiary/aromatic N) is 3. The van der Waals surface area contributed by atoms with E-state index in [1.807, 2.05) is 29.6 Å². The van der Waals surface area contributed by atoms with Crippen molar-refractivity contribution in [3.63, 3.8) is 0 Å². The topological polar surface area (TPSA) is 30.7 Å². The highest BCUT2D eigenvalue weighted by molar-refractivity contribution is 8.00. The molecule has 0 radical (unpaired) electrons. The molecule has 0 N–H and O–H groups in total. The molecule has 122 valence electrons. The second kappa shape index (κ2) is 6.65. The van der Waals surface area contributed by atoms with E-state index >= 15 is 0 Å². The van der Waals surface area contributed by atoms with Gasteiger partial charge in [-0.1, -0.05) is 48.2 Å². The minimum atomic E-state index is 0.432. The van der Waals surface area contributed by atoms with Crippen LogP contribution >= 0.6 is 23.5 Å². The van der Waals surface area contributed by atoms with Crippen LogP contribution in [0.5, 0.6) is 0 Å². The summed E-state index contributed by atoms with van der Waals surface area (Å²) in [6, 6.07) is 17.5. The van der Waals surface area contributed by atoms with E-state index in [0.29, 0.717) is 6.04 Å². The average Bonchev–Trinajstić information content (AvgIpc) is 3.19. The largest absolute Gasteiger partial charge is 0.297 e. The van der Waals surface area contributed by atoms with Gasteiger partial charge in [0.1, 0.15) is 0 Å². The van der Waals surface area contributed by atoms with Gasteiger partial charge in [-0.15, -0.1) is 22.0 Å². The van der Waals surface area contributed by atoms with Crippen molar-refractivity contribution in [1.82, 2.24) is 14.8 Å². The molecule has 0 bridgehead atoms. The molecular weight excluding hydrogens is 334 g/mol. The molecule has 2 aromatic carbocycles. The normalized spacial score (nSPS) is 16.3. The van der Waals surface area contributed by atoms with Crippen molar-refractivity contribution in [3.8, 4) is 11.4 Å². The monoisotopic (exact) mass is 353 g/mol. The number of hydrogen-bond acceptors (Lipinski definition) is 4. The van der Waals surface area contributed by atoms with Crippen LogP contribution in [-0.2, 0) is 0 Å². The Labute approximate surface area is 150 Å². The summed E-state index contributed by atoms with van der Waals surface area (Å²) in [5, 5.41) is 9.83. The zero-order chi connectivity index (χ0) is 16.5. The van der Waals surface area contributed by atoms with Crippen molar-refractivity contribution in [2.45, 2.75) is 29.9 Å². The van der Waals surface area contributed by atoms with Gasteiger partial charge in [0.25, 0.3) is 0 Å². The number of aromatic nitrogens is 3. The Morgan fingerprint density at radius 3 is 2.71 bits per heavy atom. The van der Waals surface area contributed by atoms with Crippen molar-refractivity contribution >= 4 is 23.5 Å². The van der Waals surface area contributed by atoms with E-state index in [1.165, 1.54) is 16.0 Å². The molecule has 0 spiro atoms. The third-order valence-corrected chi connectivity index (χ3v) is 6.61. The molecule has 0 saturated carbocycles. The van der Waals surface area contributed by atoms with Gasteiger partial charge in [-0.3, -0.25) is 4.57 Å². The molecule has 1 atom stereocenters. The molecule has 4 rings (SSSR count). The summed E-state index contributed by atoms with van der Waals surface area (Å²) in [5.41, 5.74) is 3.85. The van der Waals surface area contributed by atoms with Crippen LogP contribution in [0.4, 0.5) is 0 Å². The van der Waals surface area contributed by atoms with Crippen LogP contribution in [0, 0.1) is 13.8 Å². The lowest BCUT2D eigenvalue weighted by molar-refractivity contribution is 0.597. The predicted octanol–water partition coefficient (Wildman–Crippen LogP) is 5.00. The summed E-state index contributed by atoms with van der Waals surface area (Å²) in [4.78, 5) is 1.34. The number of thioether (sulfide) groups is 2. The van der Waals surface area contributed by atoms with Gasteiger partial charge in [0.2, 0.25) is 0 Å². The Morgan fingerprint density at radius 1 is 1.08 bits per heavy atom. The fraction of sp³-hybridized carbons (Fsp3) is 0.263. The maximum atomic E-state index is 4.42. The van der Waals surface area contributed by atoms with Gasteiger partial charge in [-0.05, 0) is 37.1 Å². The first kappa shape index (κ1) is 15.8. The Bertz CT molecular complexity index is 858. The molecule has 1 aromatic heterocycles. The van der Waals surface area contributed by atoms with Crippen LogP contribution in [-0.4, -0.2) is 26.3 Å². The molecule has 0 unspecified atom stereocenters. The molecular formula is C19H19N3S2. The lowest BCUT2D eigenvalue weighted by Gasteiger charge is -2.14. The van der Waals surface area contributed by atoms with Crippen molar-refractivity contribution in [1.29, 1.82) is 0 Å². The molecule has 2 heterocycles. The second-order valence-electron chi connectivity index (χ2n) is 6.06. The molecule has 0 aliphatic carbocycles. The van der Waals surface area contributed by atoms with Crippen LogP contribution in [0.3, 0.4) is 0 Å². The smallest absolute Gasteiger partial charge is 0.191 e. The van der Waals surface area contributed by atoms with E-state index < -0.39 is 0 Å². The van der Waals surface area contributed by atoms with Gasteiger partial charge in [0.05, 0.1) is 6.04 Å². The summed E-state index contributed by atoms with van der Waals surface area (Å²) in [6.07, 6.45) is 0. The predicted molar refractivity (Wildman–Crippen MR) is 102 cm³/mol. The number of rotatable bonds is 4. The molecule has 1 aliphatic heterocycles. The molecule has 0 saturated heterocycles. The van der Waals surface area contributed by atoms with Crippen molar-refractivity contribution < 1.29 is 0 Å². The molecule has 3 aromatic rings. The lowest BCUT2D eigenvalue weighted by atomic mass is 10.1. The minimum Gasteiger partial charge on any atom is -0.297 e. The van der Waals surface area contributed by atoms with E-state index in [2.05, 4.69) is 71.1 Å². The maximum absolute atomic E-state index is 4.42. The van der Waals surface area contributed by atoms with E-state index in [9.17, 15) is 0 Å². The van der Waals surface area contributed by atoms with Crippen LogP contribution in [0.15, 0.2) is 58.6 Å². The fourth-order valence-electron chi connectivity index (χ4n) is 2.85. The highest BCUT2D eigenvalue weighted by atomic mass is 32.2. The lowest BCUT2D eigenvalue weighted by Crippen LogP contribution is -2.11. The Balaban J connectivity index is 1.55. The standard InChI is InChI=1S/C19H19N3S2/c1-13-8-9-17(10-14(13)2)23-11-16-12-24-19-21-20-18(22(16)19)15-6-4-3-5-7-15/h3-10,16H,11-12H2,1-2H3/t16-/m0/s1. The highest BCUT2D eigenvalue weighted by Gasteiger charge is 2.28. The van der Waals surface area contributed by atoms with Crippen LogP contribution in [0.1, 0.15) is 17.2 Å². The Kier molecular flexibility index (Phi) is 4.37. The molecule has 0 fully saturated rings. The Morgan fingerprint density at radius 2 is 1.92 bits per heavy atom. The second-order valence-corrected chi connectivity index (χ2v) is 8.14. The zero-order valence-electron chi connectivity index (χ0n) is 13.8. The number of benzene rings is 2. The summed E-state index contributed by atoms with van der Waals surface area (Å²) in [6.45, 7) is 4.34. The van der Waals surface area contributed by atoms with Crippen molar-refractivity contribution in [3.05, 3.63) is 59.7 Å². The number of hydrogen-bond donors (Lipinski definition) is 0. The highest BCUT2D eigenvalue weighted by Crippen LogP contribution is 2.39. The Hall–Kier alpha value is -1.72. The first-order valence-corrected chi connectivity index (χ1v) is 10.0. The molecule has 24 heavy (non-hydrogen) atoms. The van der Waals surface area contributed by atoms with Crippen LogP contribution in [0.2, 0.25) is 0 Å². The summed E-state index contributed by atoms with van der Waals surface area (Å²) < 4.78 is 2.31. The SMILES string of the molecule is Cc1ccc(SC[C@H]2CSc3nnc(-c4ccccc4)n32)cc1C. The van der Waals surface area contributed by atoms with Gasteiger partial charge in [-0.2, -0.15) is 0 Å². The van der Waals surface area contributed by atoms with Gasteiger partial charge < -0.3 is 0 Å². The molecule has 5 heteroatoms. The maximum Gasteiger partial charge on any atom is 0.191 e. The molecule has 3 nitrogen and oxygen atoms in total. The van der Waals surface area contributed by atoms with Gasteiger partial charge >= 0.3 is 0 Å². The quantitative estimate of drug-likeness (QED) is 0.618. The summed E-state index contributed by atoms with van der Waals surface area (Å²) >= 11 is 3.73. The first-order chi connectivity index (χ1) is 11.7. The van der Waals surface area contributed by atoms with E-state index in [-0.39, 0.29) is 0 Å². The van der Waals surface area contributed by atoms with Crippen LogP contribution in [0.25, 0.3) is 11.4 Å². The van der Waals surface area contributed by atoms with E-state index in [1.54, 1.807) is 0 Å². The van der Waals surface area contributed by atoms with Gasteiger partial charge in [0.15, 0.2) is 11.0 Å². The minimum absolute atomic E-state index is 0.432. The van der Waals surface area contributed by atoms with E-state index in [0.717, 1.165) is 28.0 Å².